The number of rotatable bonds is 8. The highest BCUT2D eigenvalue weighted by molar-refractivity contribution is 4.73. The molecule has 1 aliphatic rings. The first-order valence-electron chi connectivity index (χ1n) is 7.99. The van der Waals surface area contributed by atoms with Gasteiger partial charge >= 0.3 is 0 Å². The summed E-state index contributed by atoms with van der Waals surface area (Å²) in [6.45, 7) is 12.9. The van der Waals surface area contributed by atoms with Crippen molar-refractivity contribution in [3.05, 3.63) is 0 Å². The highest BCUT2D eigenvalue weighted by Gasteiger charge is 2.20. The van der Waals surface area contributed by atoms with Crippen LogP contribution < -0.4 is 0 Å². The van der Waals surface area contributed by atoms with Crippen molar-refractivity contribution in [1.29, 1.82) is 0 Å². The Balaban J connectivity index is 2.11. The average molecular weight is 255 g/mol. The summed E-state index contributed by atoms with van der Waals surface area (Å²) in [6.07, 6.45) is 8.58. The van der Waals surface area contributed by atoms with Crippen molar-refractivity contribution in [2.45, 2.75) is 78.4 Å². The maximum absolute atomic E-state index is 6.17. The van der Waals surface area contributed by atoms with E-state index < -0.39 is 0 Å². The van der Waals surface area contributed by atoms with Gasteiger partial charge in [0, 0.05) is 13.1 Å². The van der Waals surface area contributed by atoms with Gasteiger partial charge in [-0.15, -0.1) is 0 Å². The van der Waals surface area contributed by atoms with Crippen molar-refractivity contribution >= 4 is 0 Å². The molecule has 18 heavy (non-hydrogen) atoms. The van der Waals surface area contributed by atoms with Crippen LogP contribution in [0.15, 0.2) is 0 Å². The Morgan fingerprint density at radius 2 is 1.78 bits per heavy atom. The van der Waals surface area contributed by atoms with Gasteiger partial charge in [-0.3, -0.25) is 0 Å². The molecule has 2 heteroatoms. The monoisotopic (exact) mass is 255 g/mol. The molecule has 1 fully saturated rings. The number of likely N-dealkylation sites (tertiary alicyclic amines) is 1. The van der Waals surface area contributed by atoms with Gasteiger partial charge in [0.1, 0.15) is 0 Å². The normalized spacial score (nSPS) is 20.5. The summed E-state index contributed by atoms with van der Waals surface area (Å²) in [5.74, 6) is 0.798. The van der Waals surface area contributed by atoms with Crippen LogP contribution in [0.3, 0.4) is 0 Å². The third-order valence-corrected chi connectivity index (χ3v) is 3.94. The molecule has 0 saturated carbocycles. The summed E-state index contributed by atoms with van der Waals surface area (Å²) in [7, 11) is 0. The van der Waals surface area contributed by atoms with E-state index in [0.29, 0.717) is 12.2 Å². The summed E-state index contributed by atoms with van der Waals surface area (Å²) in [4.78, 5) is 2.60. The van der Waals surface area contributed by atoms with Crippen molar-refractivity contribution < 1.29 is 4.74 Å². The number of piperidine rings is 1. The smallest absolute Gasteiger partial charge is 0.0603 e. The van der Waals surface area contributed by atoms with Crippen molar-refractivity contribution in [3.63, 3.8) is 0 Å². The highest BCUT2D eigenvalue weighted by atomic mass is 16.5. The van der Waals surface area contributed by atoms with Gasteiger partial charge in [0.05, 0.1) is 12.2 Å². The number of ether oxygens (including phenoxy) is 1. The minimum Gasteiger partial charge on any atom is -0.375 e. The minimum atomic E-state index is 0.444. The third kappa shape index (κ3) is 6.75. The highest BCUT2D eigenvalue weighted by Crippen LogP contribution is 2.18. The quantitative estimate of drug-likeness (QED) is 0.647. The van der Waals surface area contributed by atoms with Gasteiger partial charge in [0.15, 0.2) is 0 Å². The van der Waals surface area contributed by atoms with E-state index >= 15 is 0 Å². The molecule has 1 saturated heterocycles. The molecular weight excluding hydrogens is 222 g/mol. The minimum absolute atomic E-state index is 0.444. The van der Waals surface area contributed by atoms with Gasteiger partial charge in [0.25, 0.3) is 0 Å². The molecule has 0 amide bonds. The molecule has 0 N–H and O–H groups in total. The van der Waals surface area contributed by atoms with Crippen LogP contribution >= 0.6 is 0 Å². The molecule has 0 bridgehead atoms. The standard InChI is InChI=1S/C16H33NO/c1-5-6-11-17-12-9-16(10-13-17)18-15(4)8-7-14(2)3/h14-16H,5-13H2,1-4H3/t15-/m0/s1. The van der Waals surface area contributed by atoms with Crippen LogP contribution in [0, 0.1) is 5.92 Å². The Morgan fingerprint density at radius 1 is 1.11 bits per heavy atom. The Kier molecular flexibility index (Phi) is 7.92. The van der Waals surface area contributed by atoms with Gasteiger partial charge in [-0.25, -0.2) is 0 Å². The van der Waals surface area contributed by atoms with E-state index in [0.717, 1.165) is 5.92 Å². The Hall–Kier alpha value is -0.0800. The van der Waals surface area contributed by atoms with E-state index in [2.05, 4.69) is 32.6 Å². The SMILES string of the molecule is CCCCN1CCC(O[C@@H](C)CCC(C)C)CC1. The zero-order chi connectivity index (χ0) is 13.4. The van der Waals surface area contributed by atoms with Crippen LogP contribution in [0.4, 0.5) is 0 Å². The zero-order valence-corrected chi connectivity index (χ0v) is 13.0. The van der Waals surface area contributed by atoms with Crippen molar-refractivity contribution in [1.82, 2.24) is 4.90 Å². The molecule has 0 unspecified atom stereocenters. The summed E-state index contributed by atoms with van der Waals surface area (Å²) < 4.78 is 6.17. The topological polar surface area (TPSA) is 12.5 Å². The van der Waals surface area contributed by atoms with E-state index in [1.165, 1.54) is 58.2 Å². The molecule has 108 valence electrons. The van der Waals surface area contributed by atoms with E-state index in [-0.39, 0.29) is 0 Å². The Labute approximate surface area is 114 Å². The fourth-order valence-electron chi connectivity index (χ4n) is 2.62. The number of nitrogens with zero attached hydrogens (tertiary/aromatic N) is 1. The number of unbranched alkanes of at least 4 members (excludes halogenated alkanes) is 1. The van der Waals surface area contributed by atoms with E-state index in [1.807, 2.05) is 0 Å². The lowest BCUT2D eigenvalue weighted by molar-refractivity contribution is -0.0391. The van der Waals surface area contributed by atoms with Crippen LogP contribution in [0.1, 0.15) is 66.2 Å². The van der Waals surface area contributed by atoms with Crippen LogP contribution in [0.25, 0.3) is 0 Å². The molecular formula is C16H33NO. The van der Waals surface area contributed by atoms with Gasteiger partial charge < -0.3 is 9.64 Å². The Bertz CT molecular complexity index is 197. The molecule has 0 aromatic heterocycles. The zero-order valence-electron chi connectivity index (χ0n) is 13.0. The molecule has 0 spiro atoms. The maximum atomic E-state index is 6.17. The molecule has 1 aliphatic heterocycles. The first-order chi connectivity index (χ1) is 8.61. The van der Waals surface area contributed by atoms with Gasteiger partial charge in [0.2, 0.25) is 0 Å². The summed E-state index contributed by atoms with van der Waals surface area (Å²) >= 11 is 0. The maximum Gasteiger partial charge on any atom is 0.0603 e. The lowest BCUT2D eigenvalue weighted by Gasteiger charge is -2.33. The average Bonchev–Trinajstić information content (AvgIpc) is 2.35. The molecule has 0 aromatic rings. The second-order valence-corrected chi connectivity index (χ2v) is 6.31. The lowest BCUT2D eigenvalue weighted by atomic mass is 10.0. The van der Waals surface area contributed by atoms with Crippen LogP contribution in [0.2, 0.25) is 0 Å². The van der Waals surface area contributed by atoms with Crippen LogP contribution in [0.5, 0.6) is 0 Å². The molecule has 0 radical (unpaired) electrons. The van der Waals surface area contributed by atoms with Crippen molar-refractivity contribution in [2.75, 3.05) is 19.6 Å². The predicted molar refractivity (Wildman–Crippen MR) is 79.0 cm³/mol. The fraction of sp³-hybridized carbons (Fsp3) is 1.00. The third-order valence-electron chi connectivity index (χ3n) is 3.94. The molecule has 0 aliphatic carbocycles. The van der Waals surface area contributed by atoms with Gasteiger partial charge in [-0.05, 0) is 51.5 Å². The van der Waals surface area contributed by atoms with Crippen molar-refractivity contribution in [2.24, 2.45) is 5.92 Å². The molecule has 1 rings (SSSR count). The first-order valence-corrected chi connectivity index (χ1v) is 7.99. The summed E-state index contributed by atoms with van der Waals surface area (Å²) in [6, 6.07) is 0. The number of hydrogen-bond donors (Lipinski definition) is 0. The largest absolute Gasteiger partial charge is 0.375 e. The molecule has 1 atom stereocenters. The van der Waals surface area contributed by atoms with E-state index in [9.17, 15) is 0 Å². The molecule has 0 aromatic carbocycles. The van der Waals surface area contributed by atoms with E-state index in [4.69, 9.17) is 4.74 Å². The van der Waals surface area contributed by atoms with Gasteiger partial charge in [-0.1, -0.05) is 27.2 Å². The number of hydrogen-bond acceptors (Lipinski definition) is 2. The fourth-order valence-corrected chi connectivity index (χ4v) is 2.62. The Morgan fingerprint density at radius 3 is 2.33 bits per heavy atom. The first kappa shape index (κ1) is 16.0. The summed E-state index contributed by atoms with van der Waals surface area (Å²) in [5, 5.41) is 0. The van der Waals surface area contributed by atoms with Crippen molar-refractivity contribution in [3.8, 4) is 0 Å². The second-order valence-electron chi connectivity index (χ2n) is 6.31. The van der Waals surface area contributed by atoms with Crippen LogP contribution in [-0.4, -0.2) is 36.7 Å². The lowest BCUT2D eigenvalue weighted by Crippen LogP contribution is -2.38. The molecule has 2 nitrogen and oxygen atoms in total. The second kappa shape index (κ2) is 8.92. The molecule has 1 heterocycles. The van der Waals surface area contributed by atoms with E-state index in [1.54, 1.807) is 0 Å². The van der Waals surface area contributed by atoms with Gasteiger partial charge in [-0.2, -0.15) is 0 Å². The van der Waals surface area contributed by atoms with Crippen LogP contribution in [-0.2, 0) is 4.74 Å². The summed E-state index contributed by atoms with van der Waals surface area (Å²) in [5.41, 5.74) is 0. The predicted octanol–water partition coefficient (Wildman–Crippen LogP) is 4.09.